The molecule has 0 heterocycles. The topological polar surface area (TPSA) is 109 Å². The van der Waals surface area contributed by atoms with Crippen molar-refractivity contribution in [2.75, 3.05) is 40.8 Å². The molecule has 94 valence electrons. The number of ether oxygens (including phenoxy) is 1. The van der Waals surface area contributed by atoms with Gasteiger partial charge in [0.1, 0.15) is 12.3 Å². The first-order valence-electron chi connectivity index (χ1n) is 4.16. The SMILES string of the molecule is CO[Si](COCC(O)CO)(OC)OC.O. The van der Waals surface area contributed by atoms with Crippen LogP contribution in [-0.2, 0) is 18.0 Å². The highest BCUT2D eigenvalue weighted by Crippen LogP contribution is 2.06. The molecule has 0 aromatic carbocycles. The number of hydrogen-bond acceptors (Lipinski definition) is 6. The Bertz CT molecular complexity index is 133. The van der Waals surface area contributed by atoms with Crippen LogP contribution >= 0.6 is 0 Å². The summed E-state index contributed by atoms with van der Waals surface area (Å²) in [5, 5.41) is 17.5. The normalized spacial score (nSPS) is 13.4. The maximum atomic E-state index is 8.99. The summed E-state index contributed by atoms with van der Waals surface area (Å²) in [5.74, 6) is 0. The molecule has 0 aliphatic carbocycles. The standard InChI is InChI=1S/C7H18O6Si.H2O/c1-10-14(11-2,12-3)6-13-5-7(9)4-8;/h7-9H,4-6H2,1-3H3;1H2. The summed E-state index contributed by atoms with van der Waals surface area (Å²) in [6.45, 7) is -0.303. The van der Waals surface area contributed by atoms with Gasteiger partial charge >= 0.3 is 8.80 Å². The van der Waals surface area contributed by atoms with E-state index in [0.717, 1.165) is 0 Å². The fourth-order valence-electron chi connectivity index (χ4n) is 0.799. The van der Waals surface area contributed by atoms with Crippen LogP contribution in [0.3, 0.4) is 0 Å². The van der Waals surface area contributed by atoms with Crippen LogP contribution in [0.4, 0.5) is 0 Å². The molecule has 15 heavy (non-hydrogen) atoms. The number of aliphatic hydroxyl groups excluding tert-OH is 2. The summed E-state index contributed by atoms with van der Waals surface area (Å²) in [7, 11) is 1.72. The van der Waals surface area contributed by atoms with Gasteiger partial charge in [-0.25, -0.2) is 0 Å². The lowest BCUT2D eigenvalue weighted by Gasteiger charge is -2.24. The summed E-state index contributed by atoms with van der Waals surface area (Å²) >= 11 is 0. The van der Waals surface area contributed by atoms with Crippen LogP contribution in [0.2, 0.25) is 0 Å². The van der Waals surface area contributed by atoms with E-state index in [1.165, 1.54) is 21.3 Å². The van der Waals surface area contributed by atoms with E-state index in [1.807, 2.05) is 0 Å². The van der Waals surface area contributed by atoms with Gasteiger partial charge in [0.25, 0.3) is 0 Å². The monoisotopic (exact) mass is 244 g/mol. The molecule has 0 rings (SSSR count). The zero-order valence-corrected chi connectivity index (χ0v) is 10.2. The minimum atomic E-state index is -2.71. The Morgan fingerprint density at radius 1 is 1.13 bits per heavy atom. The Kier molecular flexibility index (Phi) is 10.6. The maximum absolute atomic E-state index is 8.99. The second-order valence-electron chi connectivity index (χ2n) is 2.65. The number of hydrogen-bond donors (Lipinski definition) is 2. The molecule has 0 aromatic heterocycles. The van der Waals surface area contributed by atoms with E-state index < -0.39 is 14.9 Å². The van der Waals surface area contributed by atoms with Crippen molar-refractivity contribution >= 4 is 8.80 Å². The Balaban J connectivity index is 0. The largest absolute Gasteiger partial charge is 0.527 e. The van der Waals surface area contributed by atoms with Gasteiger partial charge in [-0.1, -0.05) is 0 Å². The van der Waals surface area contributed by atoms with Crippen LogP contribution in [-0.4, -0.2) is 71.4 Å². The van der Waals surface area contributed by atoms with Crippen molar-refractivity contribution in [3.05, 3.63) is 0 Å². The fraction of sp³-hybridized carbons (Fsp3) is 1.00. The molecular weight excluding hydrogens is 224 g/mol. The fourth-order valence-corrected chi connectivity index (χ4v) is 2.02. The Morgan fingerprint density at radius 3 is 1.93 bits per heavy atom. The van der Waals surface area contributed by atoms with E-state index in [2.05, 4.69) is 0 Å². The van der Waals surface area contributed by atoms with Crippen molar-refractivity contribution in [2.45, 2.75) is 6.10 Å². The second kappa shape index (κ2) is 9.18. The molecule has 0 saturated heterocycles. The third kappa shape index (κ3) is 6.17. The molecule has 0 bridgehead atoms. The van der Waals surface area contributed by atoms with Crippen LogP contribution < -0.4 is 0 Å². The third-order valence-corrected chi connectivity index (χ3v) is 4.16. The molecule has 0 saturated carbocycles. The molecule has 1 unspecified atom stereocenters. The highest BCUT2D eigenvalue weighted by Gasteiger charge is 2.38. The van der Waals surface area contributed by atoms with Crippen molar-refractivity contribution in [2.24, 2.45) is 0 Å². The second-order valence-corrected chi connectivity index (χ2v) is 5.53. The summed E-state index contributed by atoms with van der Waals surface area (Å²) in [6, 6.07) is 0. The molecule has 0 fully saturated rings. The molecule has 8 heteroatoms. The molecule has 1 atom stereocenters. The predicted molar refractivity (Wildman–Crippen MR) is 54.3 cm³/mol. The zero-order valence-electron chi connectivity index (χ0n) is 9.23. The van der Waals surface area contributed by atoms with E-state index >= 15 is 0 Å². The Morgan fingerprint density at radius 2 is 1.60 bits per heavy atom. The van der Waals surface area contributed by atoms with Gasteiger partial charge in [0.05, 0.1) is 13.2 Å². The van der Waals surface area contributed by atoms with Crippen LogP contribution in [0.25, 0.3) is 0 Å². The minimum absolute atomic E-state index is 0. The van der Waals surface area contributed by atoms with Gasteiger partial charge in [-0.05, 0) is 0 Å². The molecular formula is C7H20O7Si. The summed E-state index contributed by atoms with van der Waals surface area (Å²) < 4.78 is 20.3. The molecule has 0 aliphatic rings. The van der Waals surface area contributed by atoms with Crippen molar-refractivity contribution < 1.29 is 33.7 Å². The van der Waals surface area contributed by atoms with Gasteiger partial charge in [-0.3, -0.25) is 0 Å². The van der Waals surface area contributed by atoms with Crippen LogP contribution in [0.15, 0.2) is 0 Å². The van der Waals surface area contributed by atoms with E-state index in [9.17, 15) is 0 Å². The quantitative estimate of drug-likeness (QED) is 0.476. The van der Waals surface area contributed by atoms with E-state index in [1.54, 1.807) is 0 Å². The van der Waals surface area contributed by atoms with E-state index in [-0.39, 0.29) is 24.9 Å². The average molecular weight is 244 g/mol. The lowest BCUT2D eigenvalue weighted by atomic mass is 10.4. The van der Waals surface area contributed by atoms with Crippen molar-refractivity contribution in [1.82, 2.24) is 0 Å². The maximum Gasteiger partial charge on any atom is 0.527 e. The summed E-state index contributed by atoms with van der Waals surface area (Å²) in [5.41, 5.74) is 0. The highest BCUT2D eigenvalue weighted by atomic mass is 28.4. The number of rotatable bonds is 8. The van der Waals surface area contributed by atoms with Crippen LogP contribution in [0.1, 0.15) is 0 Å². The van der Waals surface area contributed by atoms with Gasteiger partial charge in [-0.15, -0.1) is 0 Å². The first-order valence-corrected chi connectivity index (χ1v) is 6.09. The van der Waals surface area contributed by atoms with Gasteiger partial charge in [0.15, 0.2) is 0 Å². The predicted octanol–water partition coefficient (Wildman–Crippen LogP) is -2.05. The lowest BCUT2D eigenvalue weighted by Crippen LogP contribution is -2.48. The molecule has 0 radical (unpaired) electrons. The zero-order chi connectivity index (χ0) is 11.0. The molecule has 0 aliphatic heterocycles. The molecule has 4 N–H and O–H groups in total. The highest BCUT2D eigenvalue weighted by molar-refractivity contribution is 6.60. The lowest BCUT2D eigenvalue weighted by molar-refractivity contribution is -0.00172. The molecule has 0 spiro atoms. The van der Waals surface area contributed by atoms with Crippen LogP contribution in [0, 0.1) is 0 Å². The van der Waals surface area contributed by atoms with E-state index in [4.69, 9.17) is 28.2 Å². The molecule has 0 amide bonds. The summed E-state index contributed by atoms with van der Waals surface area (Å²) in [4.78, 5) is 0. The third-order valence-electron chi connectivity index (χ3n) is 1.73. The van der Waals surface area contributed by atoms with Gasteiger partial charge < -0.3 is 33.7 Å². The van der Waals surface area contributed by atoms with Crippen molar-refractivity contribution in [1.29, 1.82) is 0 Å². The summed E-state index contributed by atoms with van der Waals surface area (Å²) in [6.07, 6.45) is -0.736. The van der Waals surface area contributed by atoms with Gasteiger partial charge in [0.2, 0.25) is 0 Å². The van der Waals surface area contributed by atoms with Gasteiger partial charge in [0, 0.05) is 21.3 Å². The molecule has 0 aromatic rings. The van der Waals surface area contributed by atoms with Crippen LogP contribution in [0.5, 0.6) is 0 Å². The first-order chi connectivity index (χ1) is 6.64. The minimum Gasteiger partial charge on any atom is -0.412 e. The van der Waals surface area contributed by atoms with Crippen molar-refractivity contribution in [3.63, 3.8) is 0 Å². The van der Waals surface area contributed by atoms with Gasteiger partial charge in [-0.2, -0.15) is 0 Å². The Labute approximate surface area is 90.2 Å². The van der Waals surface area contributed by atoms with E-state index in [0.29, 0.717) is 0 Å². The average Bonchev–Trinajstić information content (AvgIpc) is 2.25. The Hall–Kier alpha value is -0.0631. The smallest absolute Gasteiger partial charge is 0.412 e. The number of aliphatic hydroxyl groups is 2. The molecule has 7 nitrogen and oxygen atoms in total. The first kappa shape index (κ1) is 17.3. The van der Waals surface area contributed by atoms with Crippen molar-refractivity contribution in [3.8, 4) is 0 Å².